The van der Waals surface area contributed by atoms with Gasteiger partial charge in [-0.15, -0.1) is 0 Å². The summed E-state index contributed by atoms with van der Waals surface area (Å²) in [4.78, 5) is 22.8. The van der Waals surface area contributed by atoms with Gasteiger partial charge in [0.25, 0.3) is 0 Å². The Labute approximate surface area is 292 Å². The maximum Gasteiger partial charge on any atom is 0.426 e. The van der Waals surface area contributed by atoms with Crippen LogP contribution in [0, 0.1) is 0 Å². The molecule has 0 heterocycles. The van der Waals surface area contributed by atoms with Crippen molar-refractivity contribution in [2.24, 2.45) is 0 Å². The highest BCUT2D eigenvalue weighted by molar-refractivity contribution is 5.87. The zero-order valence-electron chi connectivity index (χ0n) is 28.8. The Bertz CT molecular complexity index is 1440. The monoisotopic (exact) mass is 698 g/mol. The van der Waals surface area contributed by atoms with Crippen LogP contribution in [0.1, 0.15) is 87.5 Å². The number of halogens is 4. The Kier molecular flexibility index (Phi) is 15.6. The second-order valence-electron chi connectivity index (χ2n) is 12.3. The first-order valence-corrected chi connectivity index (χ1v) is 16.8. The first-order valence-electron chi connectivity index (χ1n) is 16.8. The van der Waals surface area contributed by atoms with E-state index in [1.807, 2.05) is 0 Å². The Balaban J connectivity index is 1.44. The van der Waals surface area contributed by atoms with Crippen LogP contribution < -0.4 is 9.47 Å². The summed E-state index contributed by atoms with van der Waals surface area (Å²) in [7, 11) is 0. The smallest absolute Gasteiger partial charge is 0.426 e. The Morgan fingerprint density at radius 2 is 0.920 bits per heavy atom. The lowest BCUT2D eigenvalue weighted by atomic mass is 10.0. The average molecular weight is 699 g/mol. The van der Waals surface area contributed by atoms with Gasteiger partial charge >= 0.3 is 24.2 Å². The number of esters is 2. The van der Waals surface area contributed by atoms with E-state index in [-0.39, 0.29) is 22.6 Å². The molecule has 270 valence electrons. The molecule has 6 nitrogen and oxygen atoms in total. The number of carbonyl (C=O) groups excluding carboxylic acids is 2. The van der Waals surface area contributed by atoms with E-state index in [4.69, 9.17) is 18.9 Å². The number of benzene rings is 3. The summed E-state index contributed by atoms with van der Waals surface area (Å²) in [6, 6.07) is 16.4. The van der Waals surface area contributed by atoms with Crippen molar-refractivity contribution >= 4 is 11.9 Å². The van der Waals surface area contributed by atoms with Crippen LogP contribution in [-0.2, 0) is 44.1 Å². The van der Waals surface area contributed by atoms with Crippen LogP contribution in [0.3, 0.4) is 0 Å². The molecule has 0 aliphatic heterocycles. The first-order chi connectivity index (χ1) is 23.8. The maximum atomic E-state index is 15.0. The van der Waals surface area contributed by atoms with E-state index in [0.29, 0.717) is 37.2 Å². The van der Waals surface area contributed by atoms with Gasteiger partial charge in [-0.1, -0.05) is 69.2 Å². The second kappa shape index (κ2) is 19.6. The molecule has 0 N–H and O–H groups in total. The molecule has 0 unspecified atom stereocenters. The molecule has 0 radical (unpaired) electrons. The molecular weight excluding hydrogens is 652 g/mol. The highest BCUT2D eigenvalue weighted by Crippen LogP contribution is 2.36. The summed E-state index contributed by atoms with van der Waals surface area (Å²) < 4.78 is 80.1. The molecule has 0 saturated heterocycles. The SMILES string of the molecule is C=C(C)C(=O)OCCCCCCc1ccc(C(F)(F)Oc2cccc(OC(F)(F)c3ccc(CCCCCCOC(=O)C(=C)C)cc3)c2)cc1. The third-order valence-corrected chi connectivity index (χ3v) is 7.76. The molecule has 0 spiro atoms. The van der Waals surface area contributed by atoms with Gasteiger partial charge in [0.15, 0.2) is 0 Å². The largest absolute Gasteiger partial charge is 0.462 e. The van der Waals surface area contributed by atoms with Crippen LogP contribution in [0.2, 0.25) is 0 Å². The van der Waals surface area contributed by atoms with Gasteiger partial charge in [0.2, 0.25) is 0 Å². The van der Waals surface area contributed by atoms with E-state index in [2.05, 4.69) is 13.2 Å². The van der Waals surface area contributed by atoms with Crippen molar-refractivity contribution in [1.82, 2.24) is 0 Å². The normalized spacial score (nSPS) is 11.5. The van der Waals surface area contributed by atoms with E-state index < -0.39 is 24.2 Å². The summed E-state index contributed by atoms with van der Waals surface area (Å²) in [5, 5.41) is 0. The zero-order valence-corrected chi connectivity index (χ0v) is 28.8. The van der Waals surface area contributed by atoms with Crippen LogP contribution in [0.15, 0.2) is 97.1 Å². The van der Waals surface area contributed by atoms with Crippen LogP contribution in [0.25, 0.3) is 0 Å². The minimum absolute atomic E-state index is 0.328. The number of aryl methyl sites for hydroxylation is 2. The molecule has 0 atom stereocenters. The summed E-state index contributed by atoms with van der Waals surface area (Å²) in [5.41, 5.74) is 1.76. The van der Waals surface area contributed by atoms with Gasteiger partial charge < -0.3 is 18.9 Å². The fourth-order valence-corrected chi connectivity index (χ4v) is 4.89. The number of hydrogen-bond acceptors (Lipinski definition) is 6. The van der Waals surface area contributed by atoms with Crippen molar-refractivity contribution < 1.29 is 46.1 Å². The lowest BCUT2D eigenvalue weighted by Crippen LogP contribution is -2.23. The van der Waals surface area contributed by atoms with Crippen LogP contribution >= 0.6 is 0 Å². The van der Waals surface area contributed by atoms with Gasteiger partial charge in [0.05, 0.1) is 24.3 Å². The molecule has 10 heteroatoms. The van der Waals surface area contributed by atoms with E-state index >= 15 is 17.6 Å². The average Bonchev–Trinajstić information content (AvgIpc) is 3.07. The number of rotatable bonds is 22. The van der Waals surface area contributed by atoms with Crippen LogP contribution in [0.4, 0.5) is 17.6 Å². The van der Waals surface area contributed by atoms with Gasteiger partial charge in [0, 0.05) is 17.2 Å². The predicted molar refractivity (Wildman–Crippen MR) is 184 cm³/mol. The van der Waals surface area contributed by atoms with E-state index in [1.54, 1.807) is 38.1 Å². The van der Waals surface area contributed by atoms with E-state index in [1.165, 1.54) is 42.5 Å². The molecule has 0 bridgehead atoms. The van der Waals surface area contributed by atoms with Gasteiger partial charge in [-0.2, -0.15) is 17.6 Å². The van der Waals surface area contributed by atoms with Gasteiger partial charge in [-0.25, -0.2) is 9.59 Å². The molecular formula is C40H46F4O6. The van der Waals surface area contributed by atoms with Crippen molar-refractivity contribution in [3.8, 4) is 11.5 Å². The third-order valence-electron chi connectivity index (χ3n) is 7.76. The molecule has 0 aliphatic rings. The molecule has 0 aromatic heterocycles. The molecule has 0 saturated carbocycles. The zero-order chi connectivity index (χ0) is 36.6. The third kappa shape index (κ3) is 13.7. The number of carbonyl (C=O) groups is 2. The topological polar surface area (TPSA) is 71.1 Å². The standard InChI is InChI=1S/C40H46F4O6/c1-29(2)37(45)47-26-11-7-5-9-14-31-18-22-33(23-19-31)39(41,42)49-35-16-13-17-36(28-35)50-40(43,44)34-24-20-32(21-25-34)15-10-6-8-12-27-48-38(46)30(3)4/h13,16-25,28H,1,3,5-12,14-15,26-27H2,2,4H3. The Morgan fingerprint density at radius 1 is 0.560 bits per heavy atom. The van der Waals surface area contributed by atoms with Crippen molar-refractivity contribution in [2.45, 2.75) is 90.3 Å². The first kappa shape index (κ1) is 39.8. The lowest BCUT2D eigenvalue weighted by molar-refractivity contribution is -0.188. The molecule has 3 aromatic carbocycles. The molecule has 0 aliphatic carbocycles. The highest BCUT2D eigenvalue weighted by Gasteiger charge is 2.36. The van der Waals surface area contributed by atoms with Crippen LogP contribution in [-0.4, -0.2) is 25.2 Å². The van der Waals surface area contributed by atoms with Crippen LogP contribution in [0.5, 0.6) is 11.5 Å². The molecule has 0 amide bonds. The summed E-state index contributed by atoms with van der Waals surface area (Å²) in [5.74, 6) is -1.45. The van der Waals surface area contributed by atoms with Gasteiger partial charge in [-0.05, 0) is 99.9 Å². The summed E-state index contributed by atoms with van der Waals surface area (Å²) in [6.07, 6.45) is 0.679. The number of ether oxygens (including phenoxy) is 4. The highest BCUT2D eigenvalue weighted by atomic mass is 19.3. The predicted octanol–water partition coefficient (Wildman–Crippen LogP) is 10.4. The molecule has 50 heavy (non-hydrogen) atoms. The molecule has 0 fully saturated rings. The number of alkyl halides is 4. The summed E-state index contributed by atoms with van der Waals surface area (Å²) >= 11 is 0. The van der Waals surface area contributed by atoms with Crippen molar-refractivity contribution in [1.29, 1.82) is 0 Å². The molecule has 3 rings (SSSR count). The van der Waals surface area contributed by atoms with E-state index in [9.17, 15) is 9.59 Å². The Hall–Kier alpha value is -4.60. The maximum absolute atomic E-state index is 15.0. The van der Waals surface area contributed by atoms with E-state index in [0.717, 1.165) is 68.6 Å². The molecule has 3 aromatic rings. The number of unbranched alkanes of at least 4 members (excludes halogenated alkanes) is 6. The number of hydrogen-bond donors (Lipinski definition) is 0. The van der Waals surface area contributed by atoms with Crippen molar-refractivity contribution in [2.75, 3.05) is 13.2 Å². The minimum atomic E-state index is -3.71. The lowest BCUT2D eigenvalue weighted by Gasteiger charge is -2.21. The Morgan fingerprint density at radius 3 is 1.28 bits per heavy atom. The fourth-order valence-electron chi connectivity index (χ4n) is 4.89. The van der Waals surface area contributed by atoms with Crippen molar-refractivity contribution in [3.63, 3.8) is 0 Å². The fraction of sp³-hybridized carbons (Fsp3) is 0.400. The van der Waals surface area contributed by atoms with Crippen molar-refractivity contribution in [3.05, 3.63) is 119 Å². The summed E-state index contributed by atoms with van der Waals surface area (Å²) in [6.45, 7) is 10.9. The minimum Gasteiger partial charge on any atom is -0.462 e. The van der Waals surface area contributed by atoms with Gasteiger partial charge in [-0.3, -0.25) is 0 Å². The second-order valence-corrected chi connectivity index (χ2v) is 12.3. The van der Waals surface area contributed by atoms with Gasteiger partial charge in [0.1, 0.15) is 11.5 Å². The quantitative estimate of drug-likeness (QED) is 0.0450.